The fourth-order valence-corrected chi connectivity index (χ4v) is 2.58. The Labute approximate surface area is 143 Å². The summed E-state index contributed by atoms with van der Waals surface area (Å²) in [7, 11) is 3.45. The average molecular weight is 342 g/mol. The molecule has 8 nitrogen and oxygen atoms in total. The van der Waals surface area contributed by atoms with Crippen molar-refractivity contribution in [2.45, 2.75) is 38.1 Å². The van der Waals surface area contributed by atoms with Gasteiger partial charge in [0.15, 0.2) is 11.7 Å². The van der Waals surface area contributed by atoms with Crippen LogP contribution in [-0.4, -0.2) is 82.2 Å². The standard InChI is InChI=1S/C16H30N4O4/c1-4-7-17-15(19-11-14(21)20(2)3)18-10-13-12-23-16(24-13)5-8-22-9-6-16/h13H,4-12H2,1-3H3,(H2,17,18,19). The van der Waals surface area contributed by atoms with E-state index in [1.165, 1.54) is 4.90 Å². The molecule has 0 aromatic rings. The largest absolute Gasteiger partial charge is 0.381 e. The number of amides is 1. The Morgan fingerprint density at radius 3 is 2.71 bits per heavy atom. The first kappa shape index (κ1) is 19.0. The maximum Gasteiger partial charge on any atom is 0.243 e. The molecule has 0 aliphatic carbocycles. The Balaban J connectivity index is 1.81. The second kappa shape index (κ2) is 9.19. The van der Waals surface area contributed by atoms with Crippen LogP contribution in [0.15, 0.2) is 4.99 Å². The maximum atomic E-state index is 11.7. The predicted octanol–water partition coefficient (Wildman–Crippen LogP) is -0.0581. The van der Waals surface area contributed by atoms with E-state index in [0.717, 1.165) is 25.8 Å². The van der Waals surface area contributed by atoms with Gasteiger partial charge in [-0.3, -0.25) is 4.79 Å². The van der Waals surface area contributed by atoms with E-state index in [2.05, 4.69) is 22.5 Å². The molecule has 2 N–H and O–H groups in total. The van der Waals surface area contributed by atoms with Crippen molar-refractivity contribution < 1.29 is 19.0 Å². The quantitative estimate of drug-likeness (QED) is 0.520. The van der Waals surface area contributed by atoms with E-state index in [0.29, 0.717) is 32.3 Å². The number of carbonyl (C=O) groups is 1. The minimum Gasteiger partial charge on any atom is -0.381 e. The van der Waals surface area contributed by atoms with Crippen LogP contribution in [-0.2, 0) is 19.0 Å². The van der Waals surface area contributed by atoms with Gasteiger partial charge in [-0.2, -0.15) is 0 Å². The van der Waals surface area contributed by atoms with Crippen LogP contribution in [0.25, 0.3) is 0 Å². The van der Waals surface area contributed by atoms with Crippen LogP contribution in [0.3, 0.4) is 0 Å². The van der Waals surface area contributed by atoms with Crippen molar-refractivity contribution in [2.24, 2.45) is 4.99 Å². The SMILES string of the molecule is CCCNC(=NCC(=O)N(C)C)NCC1COC2(CCOCC2)O1. The third kappa shape index (κ3) is 5.61. The van der Waals surface area contributed by atoms with Gasteiger partial charge >= 0.3 is 0 Å². The molecule has 138 valence electrons. The molecule has 1 unspecified atom stereocenters. The maximum absolute atomic E-state index is 11.7. The Morgan fingerprint density at radius 2 is 2.04 bits per heavy atom. The lowest BCUT2D eigenvalue weighted by molar-refractivity contribution is -0.210. The van der Waals surface area contributed by atoms with Gasteiger partial charge in [-0.05, 0) is 6.42 Å². The van der Waals surface area contributed by atoms with E-state index in [4.69, 9.17) is 14.2 Å². The lowest BCUT2D eigenvalue weighted by Gasteiger charge is -2.31. The summed E-state index contributed by atoms with van der Waals surface area (Å²) in [5, 5.41) is 6.46. The molecule has 24 heavy (non-hydrogen) atoms. The molecule has 2 aliphatic rings. The second-order valence-corrected chi connectivity index (χ2v) is 6.33. The lowest BCUT2D eigenvalue weighted by Crippen LogP contribution is -2.44. The number of likely N-dealkylation sites (N-methyl/N-ethyl adjacent to an activating group) is 1. The molecule has 1 spiro atoms. The molecule has 0 aromatic carbocycles. The first-order valence-electron chi connectivity index (χ1n) is 8.66. The van der Waals surface area contributed by atoms with Gasteiger partial charge in [0.05, 0.1) is 19.8 Å². The molecule has 1 amide bonds. The van der Waals surface area contributed by atoms with E-state index in [1.807, 2.05) is 0 Å². The number of aliphatic imine (C=N–C) groups is 1. The molecule has 0 radical (unpaired) electrons. The minimum absolute atomic E-state index is 0.0266. The number of nitrogens with zero attached hydrogens (tertiary/aromatic N) is 2. The Morgan fingerprint density at radius 1 is 1.29 bits per heavy atom. The highest BCUT2D eigenvalue weighted by Gasteiger charge is 2.42. The van der Waals surface area contributed by atoms with Crippen LogP contribution in [0.5, 0.6) is 0 Å². The van der Waals surface area contributed by atoms with Crippen LogP contribution in [0.4, 0.5) is 0 Å². The van der Waals surface area contributed by atoms with E-state index in [9.17, 15) is 4.79 Å². The van der Waals surface area contributed by atoms with Crippen LogP contribution in [0, 0.1) is 0 Å². The fourth-order valence-electron chi connectivity index (χ4n) is 2.58. The van der Waals surface area contributed by atoms with E-state index < -0.39 is 5.79 Å². The highest BCUT2D eigenvalue weighted by atomic mass is 16.7. The van der Waals surface area contributed by atoms with E-state index in [1.54, 1.807) is 14.1 Å². The van der Waals surface area contributed by atoms with Crippen molar-refractivity contribution in [2.75, 3.05) is 53.6 Å². The normalized spacial score (nSPS) is 23.3. The Hall–Kier alpha value is -1.38. The monoisotopic (exact) mass is 342 g/mol. The van der Waals surface area contributed by atoms with Gasteiger partial charge in [-0.25, -0.2) is 4.99 Å². The summed E-state index contributed by atoms with van der Waals surface area (Å²) >= 11 is 0. The first-order chi connectivity index (χ1) is 11.5. The number of nitrogens with one attached hydrogen (secondary N) is 2. The van der Waals surface area contributed by atoms with Gasteiger partial charge in [0.25, 0.3) is 0 Å². The van der Waals surface area contributed by atoms with Crippen molar-refractivity contribution in [1.82, 2.24) is 15.5 Å². The predicted molar refractivity (Wildman–Crippen MR) is 90.9 cm³/mol. The van der Waals surface area contributed by atoms with Gasteiger partial charge in [0.2, 0.25) is 5.91 Å². The molecule has 2 saturated heterocycles. The topological polar surface area (TPSA) is 84.4 Å². The fraction of sp³-hybridized carbons (Fsp3) is 0.875. The van der Waals surface area contributed by atoms with Crippen molar-refractivity contribution in [3.05, 3.63) is 0 Å². The summed E-state index contributed by atoms with van der Waals surface area (Å²) in [6.45, 7) is 5.51. The van der Waals surface area contributed by atoms with Crippen molar-refractivity contribution in [3.63, 3.8) is 0 Å². The van der Waals surface area contributed by atoms with Crippen LogP contribution in [0.2, 0.25) is 0 Å². The molecule has 0 saturated carbocycles. The summed E-state index contributed by atoms with van der Waals surface area (Å²) in [6.07, 6.45) is 2.50. The van der Waals surface area contributed by atoms with Gasteiger partial charge in [-0.15, -0.1) is 0 Å². The van der Waals surface area contributed by atoms with Gasteiger partial charge in [0.1, 0.15) is 12.6 Å². The third-order valence-corrected chi connectivity index (χ3v) is 4.08. The van der Waals surface area contributed by atoms with Crippen LogP contribution in [0.1, 0.15) is 26.2 Å². The molecule has 1 atom stereocenters. The van der Waals surface area contributed by atoms with Gasteiger partial charge in [0, 0.05) is 40.0 Å². The number of carbonyl (C=O) groups excluding carboxylic acids is 1. The lowest BCUT2D eigenvalue weighted by atomic mass is 10.1. The number of ether oxygens (including phenoxy) is 3. The van der Waals surface area contributed by atoms with E-state index >= 15 is 0 Å². The average Bonchev–Trinajstić information content (AvgIpc) is 2.96. The number of rotatable bonds is 6. The zero-order valence-electron chi connectivity index (χ0n) is 15.0. The van der Waals surface area contributed by atoms with Gasteiger partial charge < -0.3 is 29.7 Å². The molecule has 8 heteroatoms. The van der Waals surface area contributed by atoms with E-state index in [-0.39, 0.29) is 18.6 Å². The molecule has 0 aromatic heterocycles. The molecule has 2 fully saturated rings. The van der Waals surface area contributed by atoms with Crippen LogP contribution >= 0.6 is 0 Å². The summed E-state index contributed by atoms with van der Waals surface area (Å²) in [5.41, 5.74) is 0. The van der Waals surface area contributed by atoms with Gasteiger partial charge in [-0.1, -0.05) is 6.92 Å². The minimum atomic E-state index is -0.473. The number of hydrogen-bond acceptors (Lipinski definition) is 5. The molecule has 2 aliphatic heterocycles. The summed E-state index contributed by atoms with van der Waals surface area (Å²) in [6, 6.07) is 0. The Bertz CT molecular complexity index is 436. The zero-order valence-corrected chi connectivity index (χ0v) is 15.0. The number of guanidine groups is 1. The summed E-state index contributed by atoms with van der Waals surface area (Å²) in [5.74, 6) is 0.123. The Kier molecular flexibility index (Phi) is 7.26. The third-order valence-electron chi connectivity index (χ3n) is 4.08. The molecular formula is C16H30N4O4. The molecular weight excluding hydrogens is 312 g/mol. The molecule has 2 heterocycles. The van der Waals surface area contributed by atoms with Crippen molar-refractivity contribution in [3.8, 4) is 0 Å². The summed E-state index contributed by atoms with van der Waals surface area (Å²) in [4.78, 5) is 17.6. The number of hydrogen-bond donors (Lipinski definition) is 2. The first-order valence-corrected chi connectivity index (χ1v) is 8.66. The highest BCUT2D eigenvalue weighted by molar-refractivity contribution is 5.84. The summed E-state index contributed by atoms with van der Waals surface area (Å²) < 4.78 is 17.3. The molecule has 0 bridgehead atoms. The van der Waals surface area contributed by atoms with Crippen molar-refractivity contribution in [1.29, 1.82) is 0 Å². The highest BCUT2D eigenvalue weighted by Crippen LogP contribution is 2.32. The van der Waals surface area contributed by atoms with Crippen molar-refractivity contribution >= 4 is 11.9 Å². The second-order valence-electron chi connectivity index (χ2n) is 6.33. The zero-order chi connectivity index (χ0) is 17.4. The molecule has 2 rings (SSSR count). The smallest absolute Gasteiger partial charge is 0.243 e. The van der Waals surface area contributed by atoms with Crippen LogP contribution < -0.4 is 10.6 Å².